The van der Waals surface area contributed by atoms with Gasteiger partial charge in [0.05, 0.1) is 0 Å². The summed E-state index contributed by atoms with van der Waals surface area (Å²) in [5.41, 5.74) is -4.61. The Balaban J connectivity index is 1.92. The minimum atomic E-state index is -2.88. The molecule has 150 valence electrons. The molecule has 3 nitrogen and oxygen atoms in total. The van der Waals surface area contributed by atoms with E-state index in [2.05, 4.69) is 0 Å². The van der Waals surface area contributed by atoms with Gasteiger partial charge in [-0.05, 0) is 80.5 Å². The zero-order valence-electron chi connectivity index (χ0n) is 25.3. The van der Waals surface area contributed by atoms with E-state index in [-0.39, 0.29) is 50.2 Å². The fourth-order valence-electron chi connectivity index (χ4n) is 6.63. The van der Waals surface area contributed by atoms with Gasteiger partial charge in [-0.2, -0.15) is 0 Å². The molecular formula is C24H36O3. The lowest BCUT2D eigenvalue weighted by Crippen LogP contribution is -2.56. The second-order valence-corrected chi connectivity index (χ2v) is 9.23. The van der Waals surface area contributed by atoms with Crippen LogP contribution in [0.3, 0.4) is 0 Å². The fourth-order valence-corrected chi connectivity index (χ4v) is 6.63. The molecule has 1 unspecified atom stereocenters. The van der Waals surface area contributed by atoms with E-state index in [1.54, 1.807) is 13.8 Å². The lowest BCUT2D eigenvalue weighted by Gasteiger charge is -2.59. The predicted molar refractivity (Wildman–Crippen MR) is 106 cm³/mol. The molecule has 0 aromatic rings. The second kappa shape index (κ2) is 6.19. The number of hydrogen-bond acceptors (Lipinski definition) is 3. The smallest absolute Gasteiger partial charge is 0.306 e. The van der Waals surface area contributed by atoms with E-state index in [1.807, 2.05) is 0 Å². The monoisotopic (exact) mass is 381 g/mol. The highest BCUT2D eigenvalue weighted by molar-refractivity contribution is 5.91. The van der Waals surface area contributed by atoms with Crippen molar-refractivity contribution in [2.24, 2.45) is 34.5 Å². The third kappa shape index (κ3) is 2.52. The Morgan fingerprint density at radius 2 is 2.07 bits per heavy atom. The summed E-state index contributed by atoms with van der Waals surface area (Å²) < 4.78 is 83.0. The van der Waals surface area contributed by atoms with Crippen LogP contribution in [0.5, 0.6) is 0 Å². The van der Waals surface area contributed by atoms with Gasteiger partial charge in [0.15, 0.2) is 5.78 Å². The lowest BCUT2D eigenvalue weighted by molar-refractivity contribution is -0.185. The van der Waals surface area contributed by atoms with Crippen LogP contribution >= 0.6 is 0 Å². The van der Waals surface area contributed by atoms with Gasteiger partial charge >= 0.3 is 5.97 Å². The first-order chi connectivity index (χ1) is 16.4. The summed E-state index contributed by atoms with van der Waals surface area (Å²) in [5.74, 6) is -3.00. The first kappa shape index (κ1) is 11.2. The molecule has 0 N–H and O–H groups in total. The van der Waals surface area contributed by atoms with E-state index in [4.69, 9.17) is 17.1 Å². The molecule has 0 saturated heterocycles. The second-order valence-electron chi connectivity index (χ2n) is 9.23. The summed E-state index contributed by atoms with van der Waals surface area (Å²) in [6.45, 7) is -4.81. The number of fused-ring (bicyclic) bond motifs is 5. The van der Waals surface area contributed by atoms with Crippen molar-refractivity contribution in [1.82, 2.24) is 0 Å². The van der Waals surface area contributed by atoms with Crippen molar-refractivity contribution in [2.75, 3.05) is 0 Å². The highest BCUT2D eigenvalue weighted by Gasteiger charge is 2.66. The maximum atomic E-state index is 12.6. The minimum absolute atomic E-state index is 0.0753. The van der Waals surface area contributed by atoms with E-state index in [1.165, 1.54) is 6.08 Å². The fraction of sp³-hybridized carbons (Fsp3) is 0.833. The molecule has 7 atom stereocenters. The first-order valence-corrected chi connectivity index (χ1v) is 10.4. The van der Waals surface area contributed by atoms with Crippen molar-refractivity contribution in [2.45, 2.75) is 91.4 Å². The van der Waals surface area contributed by atoms with Crippen molar-refractivity contribution in [3.8, 4) is 0 Å². The maximum absolute atomic E-state index is 12.6. The van der Waals surface area contributed by atoms with Crippen LogP contribution in [-0.4, -0.2) is 17.4 Å². The van der Waals surface area contributed by atoms with Crippen molar-refractivity contribution >= 4 is 11.8 Å². The average molecular weight is 382 g/mol. The van der Waals surface area contributed by atoms with Crippen molar-refractivity contribution in [1.29, 1.82) is 0 Å². The van der Waals surface area contributed by atoms with Crippen LogP contribution < -0.4 is 0 Å². The molecule has 4 aliphatic rings. The van der Waals surface area contributed by atoms with Crippen LogP contribution in [0.25, 0.3) is 0 Å². The Kier molecular flexibility index (Phi) is 2.56. The van der Waals surface area contributed by atoms with Gasteiger partial charge in [0, 0.05) is 30.6 Å². The van der Waals surface area contributed by atoms with Gasteiger partial charge in [-0.25, -0.2) is 0 Å². The first-order valence-electron chi connectivity index (χ1n) is 14.9. The summed E-state index contributed by atoms with van der Waals surface area (Å²) in [5, 5.41) is 0. The van der Waals surface area contributed by atoms with Crippen LogP contribution in [0.4, 0.5) is 0 Å². The van der Waals surface area contributed by atoms with Gasteiger partial charge in [0.1, 0.15) is 5.60 Å². The number of ketones is 1. The van der Waals surface area contributed by atoms with E-state index in [0.29, 0.717) is 18.4 Å². The molecule has 3 fully saturated rings. The SMILES string of the molecule is [2H]C([2H])([2H])[C@]1(OC(=O)CC)C(C)C[C@H]2[C@@H]3CCC4=CC(=O)CC[C@]4(C([2H])([2H])[2H])[C@H]3CC[C@@]21C([2H])([2H])[2H]. The van der Waals surface area contributed by atoms with Crippen molar-refractivity contribution < 1.29 is 26.7 Å². The molecule has 3 heteroatoms. The van der Waals surface area contributed by atoms with Crippen LogP contribution in [0.1, 0.15) is 98.1 Å². The Labute approximate surface area is 177 Å². The molecule has 0 aromatic carbocycles. The summed E-state index contributed by atoms with van der Waals surface area (Å²) in [7, 11) is 0. The molecule has 0 aliphatic heterocycles. The number of allylic oxidation sites excluding steroid dienone is 1. The van der Waals surface area contributed by atoms with Crippen LogP contribution in [0.15, 0.2) is 11.6 Å². The summed E-state index contributed by atoms with van der Waals surface area (Å²) in [4.78, 5) is 24.9. The van der Waals surface area contributed by atoms with Gasteiger partial charge in [-0.3, -0.25) is 9.59 Å². The van der Waals surface area contributed by atoms with Crippen molar-refractivity contribution in [3.63, 3.8) is 0 Å². The van der Waals surface area contributed by atoms with Gasteiger partial charge < -0.3 is 4.74 Å². The Morgan fingerprint density at radius 3 is 2.78 bits per heavy atom. The third-order valence-corrected chi connectivity index (χ3v) is 8.10. The molecular weight excluding hydrogens is 336 g/mol. The molecule has 0 radical (unpaired) electrons. The van der Waals surface area contributed by atoms with Crippen LogP contribution in [-0.2, 0) is 14.3 Å². The minimum Gasteiger partial charge on any atom is -0.458 e. The van der Waals surface area contributed by atoms with E-state index < -0.39 is 60.7 Å². The molecule has 0 aromatic heterocycles. The molecule has 0 heterocycles. The molecule has 3 saturated carbocycles. The van der Waals surface area contributed by atoms with Gasteiger partial charge in [-0.1, -0.05) is 33.1 Å². The van der Waals surface area contributed by atoms with E-state index in [9.17, 15) is 9.59 Å². The van der Waals surface area contributed by atoms with E-state index >= 15 is 0 Å². The molecule has 27 heavy (non-hydrogen) atoms. The molecule has 4 rings (SSSR count). The average Bonchev–Trinajstić information content (AvgIpc) is 3.02. The normalized spacial score (nSPS) is 55.3. The summed E-state index contributed by atoms with van der Waals surface area (Å²) in [6, 6.07) is 0. The number of esters is 1. The summed E-state index contributed by atoms with van der Waals surface area (Å²) >= 11 is 0. The molecule has 4 aliphatic carbocycles. The quantitative estimate of drug-likeness (QED) is 0.595. The maximum Gasteiger partial charge on any atom is 0.306 e. The Bertz CT molecular complexity index is 965. The standard InChI is InChI=1S/C24H36O3/c1-6-21(26)27-24(5)15(2)13-20-18-8-7-16-14-17(25)9-11-22(16,3)19(18)10-12-23(20,24)4/h14-15,18-20H,6-13H2,1-5H3/t15?,18-,19+,20+,22+,23+,24+/m1/s1/i3D3,4D3,5D3. The molecule has 0 amide bonds. The van der Waals surface area contributed by atoms with Gasteiger partial charge in [-0.15, -0.1) is 0 Å². The number of rotatable bonds is 2. The highest BCUT2D eigenvalue weighted by Crippen LogP contribution is 2.69. The number of carbonyl (C=O) groups is 2. The number of ether oxygens (including phenoxy) is 1. The van der Waals surface area contributed by atoms with Crippen LogP contribution in [0, 0.1) is 34.5 Å². The zero-order chi connectivity index (χ0) is 27.1. The zero-order valence-corrected chi connectivity index (χ0v) is 16.3. The van der Waals surface area contributed by atoms with Crippen molar-refractivity contribution in [3.05, 3.63) is 11.6 Å². The predicted octanol–water partition coefficient (Wildman–Crippen LogP) is 5.48. The largest absolute Gasteiger partial charge is 0.458 e. The molecule has 0 spiro atoms. The lowest BCUT2D eigenvalue weighted by atomic mass is 9.46. The van der Waals surface area contributed by atoms with Gasteiger partial charge in [0.25, 0.3) is 0 Å². The van der Waals surface area contributed by atoms with E-state index in [0.717, 1.165) is 0 Å². The number of carbonyl (C=O) groups excluding carboxylic acids is 2. The van der Waals surface area contributed by atoms with Crippen LogP contribution in [0.2, 0.25) is 0 Å². The highest BCUT2D eigenvalue weighted by atomic mass is 16.6. The number of hydrogen-bond donors (Lipinski definition) is 0. The Hall–Kier alpha value is -1.12. The Morgan fingerprint density at radius 1 is 1.22 bits per heavy atom. The summed E-state index contributed by atoms with van der Waals surface area (Å²) in [6.07, 6.45) is 2.92. The topological polar surface area (TPSA) is 43.4 Å². The third-order valence-electron chi connectivity index (χ3n) is 8.10. The van der Waals surface area contributed by atoms with Gasteiger partial charge in [0.2, 0.25) is 0 Å². The molecule has 0 bridgehead atoms.